The van der Waals surface area contributed by atoms with E-state index in [0.29, 0.717) is 11.5 Å². The molecule has 0 saturated carbocycles. The second-order valence-corrected chi connectivity index (χ2v) is 5.12. The van der Waals surface area contributed by atoms with E-state index in [-0.39, 0.29) is 31.2 Å². The predicted octanol–water partition coefficient (Wildman–Crippen LogP) is 0.413. The number of rotatable bonds is 8. The normalized spacial score (nSPS) is 11.6. The lowest BCUT2D eigenvalue weighted by molar-refractivity contribution is -0.123. The largest absolute Gasteiger partial charge is 0.497 e. The topological polar surface area (TPSA) is 89.8 Å². The SMILES string of the molecule is COc1cccc(OCC(=O)NCC(O)Cn2ccccc2=O)c1. The number of nitrogens with zero attached hydrogens (tertiary/aromatic N) is 1. The van der Waals surface area contributed by atoms with Gasteiger partial charge in [0.1, 0.15) is 11.5 Å². The molecule has 0 radical (unpaired) electrons. The number of amides is 1. The van der Waals surface area contributed by atoms with Crippen molar-refractivity contribution >= 4 is 5.91 Å². The van der Waals surface area contributed by atoms with Crippen molar-refractivity contribution < 1.29 is 19.4 Å². The first-order valence-electron chi connectivity index (χ1n) is 7.45. The van der Waals surface area contributed by atoms with Crippen LogP contribution in [-0.2, 0) is 11.3 Å². The second-order valence-electron chi connectivity index (χ2n) is 5.12. The Labute approximate surface area is 139 Å². The van der Waals surface area contributed by atoms with Crippen molar-refractivity contribution in [2.75, 3.05) is 20.3 Å². The summed E-state index contributed by atoms with van der Waals surface area (Å²) in [5.41, 5.74) is -0.204. The molecule has 2 rings (SSSR count). The van der Waals surface area contributed by atoms with Gasteiger partial charge < -0.3 is 24.5 Å². The number of methoxy groups -OCH3 is 1. The molecule has 0 aliphatic heterocycles. The van der Waals surface area contributed by atoms with Crippen molar-refractivity contribution in [3.8, 4) is 11.5 Å². The maximum atomic E-state index is 11.7. The van der Waals surface area contributed by atoms with E-state index in [1.807, 2.05) is 0 Å². The number of carbonyl (C=O) groups excluding carboxylic acids is 1. The number of hydrogen-bond acceptors (Lipinski definition) is 5. The number of pyridine rings is 1. The lowest BCUT2D eigenvalue weighted by atomic mass is 10.3. The summed E-state index contributed by atoms with van der Waals surface area (Å²) < 4.78 is 11.8. The molecule has 0 aliphatic rings. The van der Waals surface area contributed by atoms with Crippen LogP contribution in [-0.4, -0.2) is 41.9 Å². The van der Waals surface area contributed by atoms with Crippen LogP contribution in [0.2, 0.25) is 0 Å². The van der Waals surface area contributed by atoms with Crippen molar-refractivity contribution in [1.82, 2.24) is 9.88 Å². The number of carbonyl (C=O) groups is 1. The quantitative estimate of drug-likeness (QED) is 0.731. The van der Waals surface area contributed by atoms with Crippen LogP contribution in [0.1, 0.15) is 0 Å². The van der Waals surface area contributed by atoms with Crippen molar-refractivity contribution in [3.05, 3.63) is 59.0 Å². The first-order valence-corrected chi connectivity index (χ1v) is 7.45. The van der Waals surface area contributed by atoms with Gasteiger partial charge in [0.2, 0.25) is 0 Å². The molecule has 1 heterocycles. The average molecular weight is 332 g/mol. The van der Waals surface area contributed by atoms with Crippen LogP contribution in [0.3, 0.4) is 0 Å². The van der Waals surface area contributed by atoms with Crippen LogP contribution >= 0.6 is 0 Å². The molecule has 1 aromatic heterocycles. The Hall–Kier alpha value is -2.80. The first kappa shape index (κ1) is 17.6. The molecule has 128 valence electrons. The average Bonchev–Trinajstić information content (AvgIpc) is 2.60. The highest BCUT2D eigenvalue weighted by Gasteiger charge is 2.09. The van der Waals surface area contributed by atoms with E-state index in [4.69, 9.17) is 9.47 Å². The van der Waals surface area contributed by atoms with Gasteiger partial charge in [-0.05, 0) is 18.2 Å². The molecule has 0 saturated heterocycles. The smallest absolute Gasteiger partial charge is 0.258 e. The fourth-order valence-electron chi connectivity index (χ4n) is 2.03. The maximum Gasteiger partial charge on any atom is 0.258 e. The first-order chi connectivity index (χ1) is 11.6. The highest BCUT2D eigenvalue weighted by molar-refractivity contribution is 5.77. The number of aliphatic hydroxyl groups excluding tert-OH is 1. The molecule has 1 aromatic carbocycles. The van der Waals surface area contributed by atoms with E-state index in [1.54, 1.807) is 49.7 Å². The number of benzene rings is 1. The molecule has 2 aromatic rings. The fraction of sp³-hybridized carbons (Fsp3) is 0.294. The van der Waals surface area contributed by atoms with Crippen LogP contribution in [0.5, 0.6) is 11.5 Å². The molecule has 7 nitrogen and oxygen atoms in total. The predicted molar refractivity (Wildman–Crippen MR) is 88.2 cm³/mol. The number of aromatic nitrogens is 1. The molecular weight excluding hydrogens is 312 g/mol. The molecule has 0 fully saturated rings. The summed E-state index contributed by atoms with van der Waals surface area (Å²) in [5, 5.41) is 12.5. The Morgan fingerprint density at radius 3 is 2.79 bits per heavy atom. The minimum atomic E-state index is -0.870. The molecule has 0 spiro atoms. The van der Waals surface area contributed by atoms with Gasteiger partial charge in [0.25, 0.3) is 11.5 Å². The monoisotopic (exact) mass is 332 g/mol. The Morgan fingerprint density at radius 2 is 2.04 bits per heavy atom. The number of aliphatic hydroxyl groups is 1. The number of hydrogen-bond donors (Lipinski definition) is 2. The van der Waals surface area contributed by atoms with Crippen molar-refractivity contribution in [1.29, 1.82) is 0 Å². The van der Waals surface area contributed by atoms with E-state index >= 15 is 0 Å². The molecule has 0 aliphatic carbocycles. The third kappa shape index (κ3) is 5.44. The standard InChI is InChI=1S/C17H20N2O5/c1-23-14-5-4-6-15(9-14)24-12-16(21)18-10-13(20)11-19-8-3-2-7-17(19)22/h2-9,13,20H,10-12H2,1H3,(H,18,21). The summed E-state index contributed by atoms with van der Waals surface area (Å²) in [6.07, 6.45) is 0.713. The zero-order valence-electron chi connectivity index (χ0n) is 13.3. The zero-order valence-corrected chi connectivity index (χ0v) is 13.3. The van der Waals surface area contributed by atoms with E-state index in [1.165, 1.54) is 10.6 Å². The highest BCUT2D eigenvalue weighted by Crippen LogP contribution is 2.18. The van der Waals surface area contributed by atoms with Gasteiger partial charge in [0.15, 0.2) is 6.61 Å². The zero-order chi connectivity index (χ0) is 17.4. The molecular formula is C17H20N2O5. The van der Waals surface area contributed by atoms with Crippen LogP contribution < -0.4 is 20.3 Å². The van der Waals surface area contributed by atoms with Crippen molar-refractivity contribution in [2.24, 2.45) is 0 Å². The van der Waals surface area contributed by atoms with Gasteiger partial charge in [0, 0.05) is 24.9 Å². The van der Waals surface area contributed by atoms with Gasteiger partial charge >= 0.3 is 0 Å². The van der Waals surface area contributed by atoms with Gasteiger partial charge in [-0.1, -0.05) is 12.1 Å². The van der Waals surface area contributed by atoms with Gasteiger partial charge in [-0.3, -0.25) is 9.59 Å². The lowest BCUT2D eigenvalue weighted by Crippen LogP contribution is -2.38. The molecule has 1 atom stereocenters. The number of ether oxygens (including phenoxy) is 2. The Kier molecular flexibility index (Phi) is 6.39. The molecule has 24 heavy (non-hydrogen) atoms. The van der Waals surface area contributed by atoms with Gasteiger partial charge in [-0.15, -0.1) is 0 Å². The highest BCUT2D eigenvalue weighted by atomic mass is 16.5. The maximum absolute atomic E-state index is 11.7. The summed E-state index contributed by atoms with van der Waals surface area (Å²) in [6.45, 7) is -0.0382. The second kappa shape index (κ2) is 8.73. The molecule has 1 unspecified atom stereocenters. The molecule has 7 heteroatoms. The lowest BCUT2D eigenvalue weighted by Gasteiger charge is -2.14. The van der Waals surface area contributed by atoms with Crippen molar-refractivity contribution in [2.45, 2.75) is 12.6 Å². The summed E-state index contributed by atoms with van der Waals surface area (Å²) >= 11 is 0. The summed E-state index contributed by atoms with van der Waals surface area (Å²) in [5.74, 6) is 0.787. The molecule has 2 N–H and O–H groups in total. The van der Waals surface area contributed by atoms with Gasteiger partial charge in [-0.25, -0.2) is 0 Å². The fourth-order valence-corrected chi connectivity index (χ4v) is 2.03. The Morgan fingerprint density at radius 1 is 1.25 bits per heavy atom. The Balaban J connectivity index is 1.74. The van der Waals surface area contributed by atoms with Crippen LogP contribution in [0.4, 0.5) is 0 Å². The number of nitrogens with one attached hydrogen (secondary N) is 1. The third-order valence-corrected chi connectivity index (χ3v) is 3.25. The molecule has 0 bridgehead atoms. The summed E-state index contributed by atoms with van der Waals surface area (Å²) in [7, 11) is 1.55. The van der Waals surface area contributed by atoms with Crippen LogP contribution in [0.15, 0.2) is 53.5 Å². The van der Waals surface area contributed by atoms with Crippen LogP contribution in [0, 0.1) is 0 Å². The minimum Gasteiger partial charge on any atom is -0.497 e. The van der Waals surface area contributed by atoms with E-state index in [0.717, 1.165) is 0 Å². The minimum absolute atomic E-state index is 0.0294. The summed E-state index contributed by atoms with van der Waals surface area (Å²) in [4.78, 5) is 23.3. The van der Waals surface area contributed by atoms with Gasteiger partial charge in [0.05, 0.1) is 19.8 Å². The third-order valence-electron chi connectivity index (χ3n) is 3.25. The van der Waals surface area contributed by atoms with Crippen LogP contribution in [0.25, 0.3) is 0 Å². The van der Waals surface area contributed by atoms with E-state index in [2.05, 4.69) is 5.32 Å². The van der Waals surface area contributed by atoms with E-state index in [9.17, 15) is 14.7 Å². The Bertz CT molecular complexity index is 729. The van der Waals surface area contributed by atoms with E-state index < -0.39 is 6.10 Å². The summed E-state index contributed by atoms with van der Waals surface area (Å²) in [6, 6.07) is 11.7. The van der Waals surface area contributed by atoms with Crippen molar-refractivity contribution in [3.63, 3.8) is 0 Å². The van der Waals surface area contributed by atoms with Gasteiger partial charge in [-0.2, -0.15) is 0 Å². The molecule has 1 amide bonds.